The Morgan fingerprint density at radius 2 is 2.29 bits per heavy atom. The molecule has 78 valence electrons. The highest BCUT2D eigenvalue weighted by molar-refractivity contribution is 5.92. The average molecular weight is 193 g/mol. The standard InChI is InChI=1S/C12H19NO/c1-2-10(7-9-3-4-9)13-11-5-6-12(14)8-11/h8-10,13H,2-7H2,1H3. The molecule has 14 heavy (non-hydrogen) atoms. The zero-order chi connectivity index (χ0) is 9.97. The van der Waals surface area contributed by atoms with Gasteiger partial charge in [-0.1, -0.05) is 19.8 Å². The second-order valence-electron chi connectivity index (χ2n) is 4.56. The van der Waals surface area contributed by atoms with Crippen LogP contribution in [0.3, 0.4) is 0 Å². The van der Waals surface area contributed by atoms with Crippen LogP contribution in [0.5, 0.6) is 0 Å². The summed E-state index contributed by atoms with van der Waals surface area (Å²) in [5.74, 6) is 1.25. The molecular formula is C12H19NO. The lowest BCUT2D eigenvalue weighted by molar-refractivity contribution is -0.114. The molecule has 1 atom stereocenters. The van der Waals surface area contributed by atoms with Crippen molar-refractivity contribution in [3.63, 3.8) is 0 Å². The number of hydrogen-bond acceptors (Lipinski definition) is 2. The first-order chi connectivity index (χ1) is 6.78. The van der Waals surface area contributed by atoms with E-state index in [0.29, 0.717) is 12.5 Å². The van der Waals surface area contributed by atoms with E-state index in [9.17, 15) is 4.79 Å². The Morgan fingerprint density at radius 3 is 2.79 bits per heavy atom. The summed E-state index contributed by atoms with van der Waals surface area (Å²) in [7, 11) is 0. The van der Waals surface area contributed by atoms with Gasteiger partial charge in [0.2, 0.25) is 0 Å². The van der Waals surface area contributed by atoms with Crippen molar-refractivity contribution in [2.75, 3.05) is 0 Å². The third-order valence-electron chi connectivity index (χ3n) is 3.17. The maximum absolute atomic E-state index is 11.0. The fraction of sp³-hybridized carbons (Fsp3) is 0.750. The van der Waals surface area contributed by atoms with Crippen LogP contribution in [0.25, 0.3) is 0 Å². The molecule has 1 unspecified atom stereocenters. The number of hydrogen-bond donors (Lipinski definition) is 1. The van der Waals surface area contributed by atoms with Crippen LogP contribution >= 0.6 is 0 Å². The summed E-state index contributed by atoms with van der Waals surface area (Å²) in [5, 5.41) is 3.51. The van der Waals surface area contributed by atoms with Crippen LogP contribution < -0.4 is 5.32 Å². The van der Waals surface area contributed by atoms with Crippen LogP contribution in [-0.4, -0.2) is 11.8 Å². The number of carbonyl (C=O) groups is 1. The molecule has 0 spiro atoms. The highest BCUT2D eigenvalue weighted by atomic mass is 16.1. The van der Waals surface area contributed by atoms with Crippen LogP contribution in [0.4, 0.5) is 0 Å². The van der Waals surface area contributed by atoms with E-state index in [1.54, 1.807) is 6.08 Å². The van der Waals surface area contributed by atoms with Gasteiger partial charge in [0.25, 0.3) is 0 Å². The van der Waals surface area contributed by atoms with Gasteiger partial charge in [0, 0.05) is 24.2 Å². The number of allylic oxidation sites excluding steroid dienone is 2. The lowest BCUT2D eigenvalue weighted by atomic mass is 10.1. The first kappa shape index (κ1) is 9.75. The summed E-state index contributed by atoms with van der Waals surface area (Å²) >= 11 is 0. The number of ketones is 1. The van der Waals surface area contributed by atoms with Gasteiger partial charge in [-0.2, -0.15) is 0 Å². The highest BCUT2D eigenvalue weighted by Crippen LogP contribution is 2.34. The highest BCUT2D eigenvalue weighted by Gasteiger charge is 2.25. The minimum absolute atomic E-state index is 0.286. The van der Waals surface area contributed by atoms with Crippen molar-refractivity contribution in [2.24, 2.45) is 5.92 Å². The van der Waals surface area contributed by atoms with Crippen molar-refractivity contribution in [2.45, 2.75) is 51.5 Å². The fourth-order valence-corrected chi connectivity index (χ4v) is 2.06. The van der Waals surface area contributed by atoms with Crippen molar-refractivity contribution in [1.29, 1.82) is 0 Å². The molecule has 2 heteroatoms. The van der Waals surface area contributed by atoms with E-state index in [2.05, 4.69) is 12.2 Å². The van der Waals surface area contributed by atoms with E-state index >= 15 is 0 Å². The summed E-state index contributed by atoms with van der Waals surface area (Å²) in [6.07, 6.45) is 8.72. The van der Waals surface area contributed by atoms with Crippen LogP contribution in [0, 0.1) is 5.92 Å². The first-order valence-electron chi connectivity index (χ1n) is 5.78. The zero-order valence-electron chi connectivity index (χ0n) is 8.88. The monoisotopic (exact) mass is 193 g/mol. The largest absolute Gasteiger partial charge is 0.385 e. The third kappa shape index (κ3) is 2.60. The van der Waals surface area contributed by atoms with Crippen LogP contribution in [0.2, 0.25) is 0 Å². The Hall–Kier alpha value is -0.790. The van der Waals surface area contributed by atoms with Gasteiger partial charge in [-0.25, -0.2) is 0 Å². The molecule has 2 aliphatic carbocycles. The summed E-state index contributed by atoms with van der Waals surface area (Å²) < 4.78 is 0. The van der Waals surface area contributed by atoms with Crippen molar-refractivity contribution in [3.8, 4) is 0 Å². The molecule has 0 aromatic rings. The fourth-order valence-electron chi connectivity index (χ4n) is 2.06. The molecule has 0 aliphatic heterocycles. The lowest BCUT2D eigenvalue weighted by Gasteiger charge is -2.18. The molecule has 0 aromatic heterocycles. The molecule has 1 fully saturated rings. The third-order valence-corrected chi connectivity index (χ3v) is 3.17. The van der Waals surface area contributed by atoms with Gasteiger partial charge >= 0.3 is 0 Å². The normalized spacial score (nSPS) is 23.5. The van der Waals surface area contributed by atoms with E-state index in [1.807, 2.05) is 0 Å². The maximum Gasteiger partial charge on any atom is 0.157 e. The summed E-state index contributed by atoms with van der Waals surface area (Å²) in [5.41, 5.74) is 1.17. The smallest absolute Gasteiger partial charge is 0.157 e. The Kier molecular flexibility index (Phi) is 2.90. The Bertz CT molecular complexity index is 253. The molecule has 1 saturated carbocycles. The van der Waals surface area contributed by atoms with Gasteiger partial charge in [-0.05, 0) is 25.2 Å². The van der Waals surface area contributed by atoms with E-state index < -0.39 is 0 Å². The maximum atomic E-state index is 11.0. The predicted octanol–water partition coefficient (Wildman–Crippen LogP) is 2.40. The molecule has 2 nitrogen and oxygen atoms in total. The number of rotatable bonds is 5. The van der Waals surface area contributed by atoms with Gasteiger partial charge in [-0.15, -0.1) is 0 Å². The summed E-state index contributed by atoms with van der Waals surface area (Å²) in [4.78, 5) is 11.0. The van der Waals surface area contributed by atoms with Crippen molar-refractivity contribution in [3.05, 3.63) is 11.8 Å². The van der Waals surface area contributed by atoms with Crippen molar-refractivity contribution < 1.29 is 4.79 Å². The Labute approximate surface area is 85.8 Å². The number of carbonyl (C=O) groups excluding carboxylic acids is 1. The van der Waals surface area contributed by atoms with Crippen LogP contribution in [0.1, 0.15) is 45.4 Å². The van der Waals surface area contributed by atoms with Crippen molar-refractivity contribution in [1.82, 2.24) is 5.32 Å². The second kappa shape index (κ2) is 4.16. The summed E-state index contributed by atoms with van der Waals surface area (Å²) in [6.45, 7) is 2.22. The quantitative estimate of drug-likeness (QED) is 0.726. The summed E-state index contributed by atoms with van der Waals surface area (Å²) in [6, 6.07) is 0.597. The SMILES string of the molecule is CCC(CC1CC1)NC1=CC(=O)CC1. The first-order valence-corrected chi connectivity index (χ1v) is 5.78. The molecular weight excluding hydrogens is 174 g/mol. The molecule has 2 aliphatic rings. The minimum atomic E-state index is 0.286. The van der Waals surface area contributed by atoms with E-state index in [4.69, 9.17) is 0 Å². The van der Waals surface area contributed by atoms with Crippen LogP contribution in [-0.2, 0) is 4.79 Å². The van der Waals surface area contributed by atoms with Gasteiger partial charge in [0.05, 0.1) is 0 Å². The average Bonchev–Trinajstić information content (AvgIpc) is 2.89. The molecule has 2 rings (SSSR count). The minimum Gasteiger partial charge on any atom is -0.385 e. The molecule has 0 bridgehead atoms. The number of nitrogens with one attached hydrogen (secondary N) is 1. The zero-order valence-corrected chi connectivity index (χ0v) is 8.88. The van der Waals surface area contributed by atoms with E-state index in [0.717, 1.165) is 12.3 Å². The van der Waals surface area contributed by atoms with Crippen molar-refractivity contribution >= 4 is 5.78 Å². The Morgan fingerprint density at radius 1 is 1.50 bits per heavy atom. The molecule has 0 amide bonds. The van der Waals surface area contributed by atoms with Gasteiger partial charge in [0.15, 0.2) is 5.78 Å². The molecule has 0 saturated heterocycles. The van der Waals surface area contributed by atoms with E-state index in [1.165, 1.54) is 31.4 Å². The Balaban J connectivity index is 1.80. The molecule has 0 radical (unpaired) electrons. The van der Waals surface area contributed by atoms with E-state index in [-0.39, 0.29) is 5.78 Å². The van der Waals surface area contributed by atoms with Gasteiger partial charge in [-0.3, -0.25) is 4.79 Å². The molecule has 0 heterocycles. The van der Waals surface area contributed by atoms with Gasteiger partial charge in [0.1, 0.15) is 0 Å². The molecule has 1 N–H and O–H groups in total. The molecule has 0 aromatic carbocycles. The lowest BCUT2D eigenvalue weighted by Crippen LogP contribution is -2.27. The predicted molar refractivity (Wildman–Crippen MR) is 56.9 cm³/mol. The van der Waals surface area contributed by atoms with Gasteiger partial charge < -0.3 is 5.32 Å². The second-order valence-corrected chi connectivity index (χ2v) is 4.56. The van der Waals surface area contributed by atoms with Crippen LogP contribution in [0.15, 0.2) is 11.8 Å². The topological polar surface area (TPSA) is 29.1 Å².